The number of nitrogens with one attached hydrogen (secondary N) is 2. The first kappa shape index (κ1) is 9.13. The van der Waals surface area contributed by atoms with E-state index in [0.29, 0.717) is 0 Å². The predicted molar refractivity (Wildman–Crippen MR) is 49.2 cm³/mol. The predicted octanol–water partition coefficient (Wildman–Crippen LogP) is -1.19. The van der Waals surface area contributed by atoms with Crippen LogP contribution >= 0.6 is 11.6 Å². The zero-order chi connectivity index (χ0) is 10.3. The highest BCUT2D eigenvalue weighted by Gasteiger charge is 2.32. The summed E-state index contributed by atoms with van der Waals surface area (Å²) in [7, 11) is 0. The number of hydrogen-bond acceptors (Lipinski definition) is 6. The minimum absolute atomic E-state index is 0.0732. The molecule has 14 heavy (non-hydrogen) atoms. The van der Waals surface area contributed by atoms with Crippen molar-refractivity contribution in [3.05, 3.63) is 17.0 Å². The van der Waals surface area contributed by atoms with Gasteiger partial charge in [0.1, 0.15) is 5.15 Å². The molecule has 0 bridgehead atoms. The first-order valence-corrected chi connectivity index (χ1v) is 4.07. The molecule has 7 nitrogen and oxygen atoms in total. The molecule has 0 aliphatic carbocycles. The lowest BCUT2D eigenvalue weighted by molar-refractivity contribution is 0.0898. The van der Waals surface area contributed by atoms with Gasteiger partial charge in [-0.2, -0.15) is 0 Å². The molecule has 2 rings (SSSR count). The summed E-state index contributed by atoms with van der Waals surface area (Å²) in [4.78, 5) is 19.0. The fourth-order valence-corrected chi connectivity index (χ4v) is 1.22. The molecule has 1 aliphatic heterocycles. The van der Waals surface area contributed by atoms with Crippen molar-refractivity contribution in [2.75, 3.05) is 5.32 Å². The van der Waals surface area contributed by atoms with Crippen LogP contribution in [0.1, 0.15) is 10.5 Å². The van der Waals surface area contributed by atoms with Crippen LogP contribution in [-0.4, -0.2) is 21.8 Å². The molecular formula is C6H7ClN6O. The number of anilines is 1. The highest BCUT2D eigenvalue weighted by molar-refractivity contribution is 6.29. The van der Waals surface area contributed by atoms with Crippen molar-refractivity contribution in [3.63, 3.8) is 0 Å². The van der Waals surface area contributed by atoms with Gasteiger partial charge in [-0.1, -0.05) is 11.6 Å². The summed E-state index contributed by atoms with van der Waals surface area (Å²) in [5.41, 5.74) is 11.0. The van der Waals surface area contributed by atoms with E-state index in [1.807, 2.05) is 0 Å². The lowest BCUT2D eigenvalue weighted by atomic mass is 10.3. The van der Waals surface area contributed by atoms with Crippen LogP contribution in [-0.2, 0) is 0 Å². The summed E-state index contributed by atoms with van der Waals surface area (Å²) >= 11 is 5.57. The minimum Gasteiger partial charge on any atom is -0.321 e. The number of fused-ring (bicyclic) bond motifs is 1. The minimum atomic E-state index is -1.51. The van der Waals surface area contributed by atoms with Gasteiger partial charge >= 0.3 is 0 Å². The van der Waals surface area contributed by atoms with Gasteiger partial charge in [-0.05, 0) is 0 Å². The summed E-state index contributed by atoms with van der Waals surface area (Å²) in [6.07, 6.45) is 1.29. The third-order valence-electron chi connectivity index (χ3n) is 1.60. The topological polar surface area (TPSA) is 119 Å². The molecule has 0 spiro atoms. The van der Waals surface area contributed by atoms with Crippen molar-refractivity contribution in [1.29, 1.82) is 0 Å². The molecule has 6 N–H and O–H groups in total. The normalized spacial score (nSPS) is 18.1. The van der Waals surface area contributed by atoms with E-state index in [-0.39, 0.29) is 16.7 Å². The van der Waals surface area contributed by atoms with Crippen molar-refractivity contribution in [2.45, 2.75) is 5.91 Å². The molecule has 1 amide bonds. The third-order valence-corrected chi connectivity index (χ3v) is 1.79. The molecule has 1 aliphatic rings. The van der Waals surface area contributed by atoms with Gasteiger partial charge in [0.05, 0.1) is 6.20 Å². The Morgan fingerprint density at radius 1 is 1.43 bits per heavy atom. The average molecular weight is 215 g/mol. The molecule has 8 heteroatoms. The van der Waals surface area contributed by atoms with Gasteiger partial charge in [0, 0.05) is 0 Å². The summed E-state index contributed by atoms with van der Waals surface area (Å²) in [5, 5.41) is 5.00. The Hall–Kier alpha value is -1.44. The number of amides is 1. The van der Waals surface area contributed by atoms with Gasteiger partial charge in [0.15, 0.2) is 11.5 Å². The highest BCUT2D eigenvalue weighted by atomic mass is 35.5. The smallest absolute Gasteiger partial charge is 0.277 e. The van der Waals surface area contributed by atoms with Gasteiger partial charge in [-0.25, -0.2) is 9.97 Å². The van der Waals surface area contributed by atoms with E-state index in [4.69, 9.17) is 23.1 Å². The van der Waals surface area contributed by atoms with E-state index in [1.54, 1.807) is 0 Å². The highest BCUT2D eigenvalue weighted by Crippen LogP contribution is 2.17. The molecule has 0 fully saturated rings. The van der Waals surface area contributed by atoms with Crippen LogP contribution in [0.5, 0.6) is 0 Å². The van der Waals surface area contributed by atoms with E-state index in [9.17, 15) is 4.79 Å². The monoisotopic (exact) mass is 214 g/mol. The second kappa shape index (κ2) is 2.77. The van der Waals surface area contributed by atoms with Crippen molar-refractivity contribution < 1.29 is 4.79 Å². The standard InChI is InChI=1S/C6H7ClN6O/c7-2-1-10-4-3(11-2)5(14)13-6(8,9)12-4/h1H,8-9H2,(H,10,12)(H,13,14). The summed E-state index contributed by atoms with van der Waals surface area (Å²) < 4.78 is 0. The van der Waals surface area contributed by atoms with Crippen LogP contribution in [0.2, 0.25) is 5.15 Å². The van der Waals surface area contributed by atoms with Crippen LogP contribution in [0, 0.1) is 0 Å². The molecule has 0 atom stereocenters. The van der Waals surface area contributed by atoms with Crippen molar-refractivity contribution >= 4 is 23.3 Å². The number of aromatic nitrogens is 2. The number of nitrogens with two attached hydrogens (primary N) is 2. The molecule has 0 aromatic carbocycles. The molecule has 0 saturated heterocycles. The van der Waals surface area contributed by atoms with E-state index >= 15 is 0 Å². The summed E-state index contributed by atoms with van der Waals surface area (Å²) in [6, 6.07) is 0. The number of hydrogen-bond donors (Lipinski definition) is 4. The molecule has 2 heterocycles. The van der Waals surface area contributed by atoms with E-state index in [1.165, 1.54) is 6.20 Å². The van der Waals surface area contributed by atoms with E-state index < -0.39 is 11.8 Å². The van der Waals surface area contributed by atoms with Crippen molar-refractivity contribution in [2.24, 2.45) is 11.5 Å². The Bertz CT molecular complexity index is 405. The lowest BCUT2D eigenvalue weighted by Crippen LogP contribution is -2.70. The van der Waals surface area contributed by atoms with Crippen LogP contribution < -0.4 is 22.1 Å². The third kappa shape index (κ3) is 1.48. The van der Waals surface area contributed by atoms with Gasteiger partial charge in [-0.3, -0.25) is 16.3 Å². The zero-order valence-electron chi connectivity index (χ0n) is 6.91. The van der Waals surface area contributed by atoms with Crippen LogP contribution in [0.15, 0.2) is 6.20 Å². The number of nitrogens with zero attached hydrogens (tertiary/aromatic N) is 2. The van der Waals surface area contributed by atoms with E-state index in [2.05, 4.69) is 20.6 Å². The first-order valence-electron chi connectivity index (χ1n) is 3.69. The second-order valence-corrected chi connectivity index (χ2v) is 3.23. The van der Waals surface area contributed by atoms with Gasteiger partial charge in [-0.15, -0.1) is 0 Å². The lowest BCUT2D eigenvalue weighted by Gasteiger charge is -2.31. The maximum Gasteiger partial charge on any atom is 0.277 e. The molecule has 0 unspecified atom stereocenters. The van der Waals surface area contributed by atoms with Crippen molar-refractivity contribution in [1.82, 2.24) is 15.3 Å². The fourth-order valence-electron chi connectivity index (χ4n) is 1.09. The Morgan fingerprint density at radius 3 is 2.86 bits per heavy atom. The first-order chi connectivity index (χ1) is 6.48. The molecule has 74 valence electrons. The van der Waals surface area contributed by atoms with Crippen LogP contribution in [0.25, 0.3) is 0 Å². The zero-order valence-corrected chi connectivity index (χ0v) is 7.67. The van der Waals surface area contributed by atoms with Crippen LogP contribution in [0.4, 0.5) is 5.82 Å². The Kier molecular flexibility index (Phi) is 1.81. The number of carbonyl (C=O) groups excluding carboxylic acids is 1. The Balaban J connectivity index is 2.50. The van der Waals surface area contributed by atoms with Gasteiger partial charge in [0.2, 0.25) is 5.91 Å². The molecule has 1 aromatic heterocycles. The SMILES string of the molecule is NC1(N)NC(=O)c2nc(Cl)cnc2N1. The Labute approximate surface area is 83.8 Å². The quantitative estimate of drug-likeness (QED) is 0.404. The second-order valence-electron chi connectivity index (χ2n) is 2.84. The molecule has 0 radical (unpaired) electrons. The van der Waals surface area contributed by atoms with Gasteiger partial charge < -0.3 is 10.6 Å². The number of halogens is 1. The maximum atomic E-state index is 11.4. The van der Waals surface area contributed by atoms with Gasteiger partial charge in [0.25, 0.3) is 5.91 Å². The average Bonchev–Trinajstić information content (AvgIpc) is 2.05. The number of carbonyl (C=O) groups is 1. The molecular weight excluding hydrogens is 208 g/mol. The number of rotatable bonds is 0. The summed E-state index contributed by atoms with van der Waals surface area (Å²) in [5.74, 6) is -1.81. The molecule has 1 aromatic rings. The van der Waals surface area contributed by atoms with Crippen LogP contribution in [0.3, 0.4) is 0 Å². The molecule has 0 saturated carbocycles. The largest absolute Gasteiger partial charge is 0.321 e. The fraction of sp³-hybridized carbons (Fsp3) is 0.167. The van der Waals surface area contributed by atoms with E-state index in [0.717, 1.165) is 0 Å². The Morgan fingerprint density at radius 2 is 2.14 bits per heavy atom. The maximum absolute atomic E-state index is 11.4. The summed E-state index contributed by atoms with van der Waals surface area (Å²) in [6.45, 7) is 0. The van der Waals surface area contributed by atoms with Crippen molar-refractivity contribution in [3.8, 4) is 0 Å².